The Balaban J connectivity index is 1.75. The zero-order chi connectivity index (χ0) is 20.7. The predicted octanol–water partition coefficient (Wildman–Crippen LogP) is 2.96. The first-order chi connectivity index (χ1) is 13.9. The average molecular weight is 395 g/mol. The summed E-state index contributed by atoms with van der Waals surface area (Å²) in [5.41, 5.74) is 4.36. The molecule has 0 radical (unpaired) electrons. The molecule has 0 spiro atoms. The molecule has 0 bridgehead atoms. The molecule has 2 aliphatic carbocycles. The molecule has 154 valence electrons. The minimum Gasteiger partial charge on any atom is -0.374 e. The summed E-state index contributed by atoms with van der Waals surface area (Å²) < 4.78 is 6.05. The normalized spacial score (nSPS) is 29.6. The van der Waals surface area contributed by atoms with Crippen LogP contribution in [0.5, 0.6) is 0 Å². The molecule has 0 aromatic heterocycles. The van der Waals surface area contributed by atoms with Crippen LogP contribution in [-0.4, -0.2) is 67.7 Å². The van der Waals surface area contributed by atoms with Crippen molar-refractivity contribution in [2.75, 3.05) is 34.3 Å². The van der Waals surface area contributed by atoms with E-state index in [1.54, 1.807) is 0 Å². The number of rotatable bonds is 3. The van der Waals surface area contributed by atoms with Crippen LogP contribution in [0.15, 0.2) is 57.3 Å². The number of nitrogens with zero attached hydrogens (tertiary/aromatic N) is 4. The zero-order valence-electron chi connectivity index (χ0n) is 17.8. The lowest BCUT2D eigenvalue weighted by Gasteiger charge is -2.40. The van der Waals surface area contributed by atoms with E-state index in [0.717, 1.165) is 48.5 Å². The fourth-order valence-corrected chi connectivity index (χ4v) is 4.61. The van der Waals surface area contributed by atoms with Crippen LogP contribution in [0, 0.1) is 11.8 Å². The summed E-state index contributed by atoms with van der Waals surface area (Å²) in [5, 5.41) is 0. The molecule has 1 fully saturated rings. The van der Waals surface area contributed by atoms with Crippen LogP contribution in [0.3, 0.4) is 0 Å². The van der Waals surface area contributed by atoms with Gasteiger partial charge in [0.25, 0.3) is 0 Å². The smallest absolute Gasteiger partial charge is 0.226 e. The molecule has 0 saturated carbocycles. The summed E-state index contributed by atoms with van der Waals surface area (Å²) in [4.78, 5) is 27.2. The van der Waals surface area contributed by atoms with E-state index in [1.165, 1.54) is 5.70 Å². The van der Waals surface area contributed by atoms with E-state index in [0.29, 0.717) is 12.4 Å². The van der Waals surface area contributed by atoms with Crippen molar-refractivity contribution in [2.45, 2.75) is 32.3 Å². The highest BCUT2D eigenvalue weighted by molar-refractivity contribution is 6.28. The molecule has 4 aliphatic rings. The van der Waals surface area contributed by atoms with E-state index < -0.39 is 0 Å². The number of ketones is 1. The van der Waals surface area contributed by atoms with Crippen molar-refractivity contribution >= 4 is 17.5 Å². The first-order valence-electron chi connectivity index (χ1n) is 10.4. The van der Waals surface area contributed by atoms with Gasteiger partial charge in [-0.05, 0) is 37.7 Å². The van der Waals surface area contributed by atoms with Gasteiger partial charge in [0.15, 0.2) is 5.78 Å². The fraction of sp³-hybridized carbons (Fsp3) is 0.522. The van der Waals surface area contributed by atoms with Gasteiger partial charge in [0.1, 0.15) is 5.70 Å². The molecule has 29 heavy (non-hydrogen) atoms. The largest absolute Gasteiger partial charge is 0.374 e. The second-order valence-corrected chi connectivity index (χ2v) is 8.35. The molecule has 6 heteroatoms. The number of hydrogen-bond acceptors (Lipinski definition) is 6. The van der Waals surface area contributed by atoms with Gasteiger partial charge in [-0.1, -0.05) is 24.8 Å². The van der Waals surface area contributed by atoms with Crippen molar-refractivity contribution in [3.8, 4) is 0 Å². The van der Waals surface area contributed by atoms with Gasteiger partial charge in [-0.2, -0.15) is 0 Å². The number of carbonyl (C=O) groups is 1. The number of hydrogen-bond donors (Lipinski definition) is 0. The van der Waals surface area contributed by atoms with Gasteiger partial charge in [0, 0.05) is 39.0 Å². The molecule has 1 saturated heterocycles. The number of fused-ring (bicyclic) bond motifs is 2. The topological polar surface area (TPSA) is 57.5 Å². The molecule has 6 nitrogen and oxygen atoms in total. The lowest BCUT2D eigenvalue weighted by Crippen LogP contribution is -2.42. The van der Waals surface area contributed by atoms with Crippen molar-refractivity contribution in [3.05, 3.63) is 47.3 Å². The van der Waals surface area contributed by atoms with Crippen molar-refractivity contribution < 1.29 is 9.53 Å². The zero-order valence-corrected chi connectivity index (χ0v) is 17.8. The summed E-state index contributed by atoms with van der Waals surface area (Å²) in [6.45, 7) is 7.85. The summed E-state index contributed by atoms with van der Waals surface area (Å²) in [5.74, 6) is 0.612. The fourth-order valence-electron chi connectivity index (χ4n) is 4.61. The van der Waals surface area contributed by atoms with E-state index in [2.05, 4.69) is 24.6 Å². The highest BCUT2D eigenvalue weighted by Crippen LogP contribution is 2.42. The molecular weight excluding hydrogens is 364 g/mol. The molecule has 4 rings (SSSR count). The van der Waals surface area contributed by atoms with Gasteiger partial charge < -0.3 is 14.5 Å². The predicted molar refractivity (Wildman–Crippen MR) is 116 cm³/mol. The van der Waals surface area contributed by atoms with Crippen molar-refractivity contribution in [3.63, 3.8) is 0 Å². The second kappa shape index (κ2) is 7.75. The molecule has 3 unspecified atom stereocenters. The third-order valence-electron chi connectivity index (χ3n) is 6.25. The van der Waals surface area contributed by atoms with Gasteiger partial charge in [0.05, 0.1) is 24.3 Å². The first kappa shape index (κ1) is 19.8. The molecular formula is C23H30N4O2. The van der Waals surface area contributed by atoms with E-state index in [4.69, 9.17) is 14.7 Å². The van der Waals surface area contributed by atoms with Gasteiger partial charge in [-0.3, -0.25) is 4.79 Å². The number of guanidine groups is 1. The maximum absolute atomic E-state index is 13.6. The van der Waals surface area contributed by atoms with Crippen molar-refractivity contribution in [1.82, 2.24) is 9.80 Å². The van der Waals surface area contributed by atoms with Gasteiger partial charge in [0.2, 0.25) is 5.96 Å². The van der Waals surface area contributed by atoms with Crippen LogP contribution in [0.2, 0.25) is 0 Å². The highest BCUT2D eigenvalue weighted by atomic mass is 16.5. The van der Waals surface area contributed by atoms with Crippen LogP contribution in [0.1, 0.15) is 26.2 Å². The second-order valence-electron chi connectivity index (χ2n) is 8.35. The van der Waals surface area contributed by atoms with E-state index in [9.17, 15) is 4.79 Å². The molecule has 0 N–H and O–H groups in total. The van der Waals surface area contributed by atoms with Gasteiger partial charge in [-0.25, -0.2) is 9.98 Å². The Kier molecular flexibility index (Phi) is 5.30. The summed E-state index contributed by atoms with van der Waals surface area (Å²) >= 11 is 0. The van der Waals surface area contributed by atoms with Crippen LogP contribution < -0.4 is 0 Å². The number of carbonyl (C=O) groups excluding carboxylic acids is 1. The highest BCUT2D eigenvalue weighted by Gasteiger charge is 2.43. The Bertz CT molecular complexity index is 891. The first-order valence-corrected chi connectivity index (χ1v) is 10.4. The summed E-state index contributed by atoms with van der Waals surface area (Å²) in [6, 6.07) is 0. The summed E-state index contributed by atoms with van der Waals surface area (Å²) in [7, 11) is 5.95. The number of Topliss-reactive ketones (excluding diaryl/α,β-unsaturated/α-hetero) is 1. The quantitative estimate of drug-likeness (QED) is 0.691. The average Bonchev–Trinajstić information content (AvgIpc) is 3.14. The monoisotopic (exact) mass is 394 g/mol. The lowest BCUT2D eigenvalue weighted by molar-refractivity contribution is -0.118. The lowest BCUT2D eigenvalue weighted by atomic mass is 9.72. The third-order valence-corrected chi connectivity index (χ3v) is 6.25. The van der Waals surface area contributed by atoms with Crippen molar-refractivity contribution in [1.29, 1.82) is 0 Å². The maximum Gasteiger partial charge on any atom is 0.226 e. The van der Waals surface area contributed by atoms with Gasteiger partial charge >= 0.3 is 0 Å². The Morgan fingerprint density at radius 1 is 1.38 bits per heavy atom. The minimum atomic E-state index is -0.263. The molecule has 3 atom stereocenters. The molecule has 2 aliphatic heterocycles. The molecule has 0 aromatic carbocycles. The molecule has 0 aromatic rings. The standard InChI is InChI=1S/C23H30N4O2/c1-6-7-8-16-14(2)20-21(25-23(24-20)26(3)4)19(22(16)28)15-9-10-17-18(13-15)29-12-11-27(17)5/h6-7,10,15-16,18H,2,8-9,11-13H2,1,3-5H3/b7-6-. The molecule has 2 heterocycles. The number of aliphatic imine (C=N–C) groups is 2. The van der Waals surface area contributed by atoms with E-state index >= 15 is 0 Å². The van der Waals surface area contributed by atoms with Crippen LogP contribution in [-0.2, 0) is 9.53 Å². The Labute approximate surface area is 173 Å². The van der Waals surface area contributed by atoms with Crippen LogP contribution in [0.4, 0.5) is 0 Å². The minimum absolute atomic E-state index is 0.0478. The number of likely N-dealkylation sites (N-methyl/N-ethyl adjacent to an activating group) is 1. The summed E-state index contributed by atoms with van der Waals surface area (Å²) in [6.07, 6.45) is 8.60. The van der Waals surface area contributed by atoms with Crippen LogP contribution >= 0.6 is 0 Å². The number of morpholine rings is 1. The van der Waals surface area contributed by atoms with Crippen LogP contribution in [0.25, 0.3) is 0 Å². The number of ether oxygens (including phenoxy) is 1. The Morgan fingerprint density at radius 3 is 2.90 bits per heavy atom. The Hall–Kier alpha value is -2.47. The third kappa shape index (κ3) is 3.39. The number of allylic oxidation sites excluding steroid dienone is 5. The van der Waals surface area contributed by atoms with E-state index in [1.807, 2.05) is 38.1 Å². The van der Waals surface area contributed by atoms with Gasteiger partial charge in [-0.15, -0.1) is 0 Å². The maximum atomic E-state index is 13.6. The van der Waals surface area contributed by atoms with E-state index in [-0.39, 0.29) is 23.7 Å². The molecule has 0 amide bonds. The Morgan fingerprint density at radius 2 is 2.17 bits per heavy atom. The van der Waals surface area contributed by atoms with Crippen molar-refractivity contribution in [2.24, 2.45) is 21.8 Å². The SMILES string of the molecule is C=C1C2=NC(N(C)C)=NC2=C(C2CC=C3C(C2)OCCN3C)C(=O)C1C/C=C\C.